The first-order chi connectivity index (χ1) is 14.1. The van der Waals surface area contributed by atoms with Gasteiger partial charge < -0.3 is 10.2 Å². The van der Waals surface area contributed by atoms with E-state index in [4.69, 9.17) is 0 Å². The van der Waals surface area contributed by atoms with Crippen LogP contribution >= 0.6 is 0 Å². The highest BCUT2D eigenvalue weighted by atomic mass is 16.2. The normalized spacial score (nSPS) is 15.6. The minimum Gasteiger partial charge on any atom is -0.352 e. The molecule has 1 heterocycles. The van der Waals surface area contributed by atoms with Gasteiger partial charge in [-0.2, -0.15) is 0 Å². The van der Waals surface area contributed by atoms with E-state index in [-0.39, 0.29) is 11.8 Å². The summed E-state index contributed by atoms with van der Waals surface area (Å²) in [6.07, 6.45) is 4.24. The molecule has 0 bridgehead atoms. The molecule has 1 N–H and O–H groups in total. The van der Waals surface area contributed by atoms with Crippen LogP contribution < -0.4 is 5.32 Å². The molecule has 2 amide bonds. The minimum atomic E-state index is -0.497. The van der Waals surface area contributed by atoms with Crippen molar-refractivity contribution >= 4 is 11.8 Å². The van der Waals surface area contributed by atoms with Crippen molar-refractivity contribution in [3.63, 3.8) is 0 Å². The van der Waals surface area contributed by atoms with Gasteiger partial charge >= 0.3 is 0 Å². The molecule has 1 fully saturated rings. The van der Waals surface area contributed by atoms with Crippen LogP contribution in [0.2, 0.25) is 0 Å². The molecule has 0 aromatic heterocycles. The predicted molar refractivity (Wildman–Crippen MR) is 117 cm³/mol. The quantitative estimate of drug-likeness (QED) is 0.720. The topological polar surface area (TPSA) is 49.4 Å². The largest absolute Gasteiger partial charge is 0.352 e. The van der Waals surface area contributed by atoms with Crippen molar-refractivity contribution in [2.45, 2.75) is 32.6 Å². The van der Waals surface area contributed by atoms with Crippen LogP contribution in [0.15, 0.2) is 67.3 Å². The lowest BCUT2D eigenvalue weighted by Crippen LogP contribution is -2.51. The number of nitrogens with zero attached hydrogens (tertiary/aromatic N) is 1. The molecule has 0 radical (unpaired) electrons. The van der Waals surface area contributed by atoms with E-state index < -0.39 is 5.41 Å². The fraction of sp³-hybridized carbons (Fsp3) is 0.360. The maximum atomic E-state index is 13.1. The summed E-state index contributed by atoms with van der Waals surface area (Å²) in [7, 11) is 0. The van der Waals surface area contributed by atoms with E-state index in [2.05, 4.69) is 48.3 Å². The van der Waals surface area contributed by atoms with Gasteiger partial charge in [-0.25, -0.2) is 0 Å². The number of nitrogens with one attached hydrogen (secondary N) is 1. The molecule has 4 nitrogen and oxygen atoms in total. The number of carbonyl (C=O) groups is 2. The van der Waals surface area contributed by atoms with Gasteiger partial charge in [0.2, 0.25) is 11.8 Å². The van der Waals surface area contributed by atoms with Crippen molar-refractivity contribution in [2.75, 3.05) is 19.6 Å². The summed E-state index contributed by atoms with van der Waals surface area (Å²) in [6, 6.07) is 18.7. The highest BCUT2D eigenvalue weighted by molar-refractivity contribution is 5.84. The molecule has 0 saturated carbocycles. The number of likely N-dealkylation sites (tertiary alicyclic amines) is 1. The Kier molecular flexibility index (Phi) is 6.86. The molecular weight excluding hydrogens is 360 g/mol. The first-order valence-corrected chi connectivity index (χ1v) is 10.4. The Hall–Kier alpha value is -2.88. The summed E-state index contributed by atoms with van der Waals surface area (Å²) in [6.45, 7) is 7.32. The van der Waals surface area contributed by atoms with Gasteiger partial charge in [0.25, 0.3) is 0 Å². The zero-order valence-corrected chi connectivity index (χ0v) is 17.2. The van der Waals surface area contributed by atoms with Crippen molar-refractivity contribution in [3.05, 3.63) is 72.8 Å². The van der Waals surface area contributed by atoms with Gasteiger partial charge in [0.15, 0.2) is 0 Å². The molecule has 0 atom stereocenters. The van der Waals surface area contributed by atoms with Crippen LogP contribution in [-0.4, -0.2) is 36.3 Å². The summed E-state index contributed by atoms with van der Waals surface area (Å²) in [5, 5.41) is 3.01. The minimum absolute atomic E-state index is 0.0612. The van der Waals surface area contributed by atoms with Crippen molar-refractivity contribution in [1.29, 1.82) is 0 Å². The zero-order valence-electron chi connectivity index (χ0n) is 17.2. The van der Waals surface area contributed by atoms with Crippen molar-refractivity contribution in [2.24, 2.45) is 5.41 Å². The van der Waals surface area contributed by atoms with Crippen LogP contribution in [0.25, 0.3) is 11.1 Å². The first-order valence-electron chi connectivity index (χ1n) is 10.4. The Labute approximate surface area is 173 Å². The van der Waals surface area contributed by atoms with E-state index in [9.17, 15) is 9.59 Å². The Bertz CT molecular complexity index is 852. The molecule has 0 unspecified atom stereocenters. The molecule has 2 aromatic rings. The number of hydrogen-bond donors (Lipinski definition) is 1. The number of benzene rings is 2. The Morgan fingerprint density at radius 3 is 2.41 bits per heavy atom. The fourth-order valence-electron chi connectivity index (χ4n) is 4.13. The van der Waals surface area contributed by atoms with Gasteiger partial charge in [-0.15, -0.1) is 6.58 Å². The van der Waals surface area contributed by atoms with E-state index in [1.54, 1.807) is 6.08 Å². The maximum absolute atomic E-state index is 13.1. The molecular formula is C25H30N2O2. The highest BCUT2D eigenvalue weighted by Crippen LogP contribution is 2.36. The average Bonchev–Trinajstić information content (AvgIpc) is 2.78. The van der Waals surface area contributed by atoms with Crippen LogP contribution in [0.4, 0.5) is 0 Å². The molecule has 4 heteroatoms. The third-order valence-corrected chi connectivity index (χ3v) is 5.84. The lowest BCUT2D eigenvalue weighted by molar-refractivity contribution is -0.140. The van der Waals surface area contributed by atoms with E-state index in [1.165, 1.54) is 5.56 Å². The molecule has 0 aliphatic carbocycles. The third kappa shape index (κ3) is 4.94. The average molecular weight is 391 g/mol. The van der Waals surface area contributed by atoms with Gasteiger partial charge in [-0.1, -0.05) is 67.6 Å². The van der Waals surface area contributed by atoms with Gasteiger partial charge in [0, 0.05) is 26.1 Å². The second-order valence-electron chi connectivity index (χ2n) is 7.76. The summed E-state index contributed by atoms with van der Waals surface area (Å²) in [5.74, 6) is 0.224. The number of piperidine rings is 1. The predicted octanol–water partition coefficient (Wildman–Crippen LogP) is 4.22. The van der Waals surface area contributed by atoms with Gasteiger partial charge in [0.05, 0.1) is 5.41 Å². The molecule has 1 aliphatic rings. The van der Waals surface area contributed by atoms with E-state index in [1.807, 2.05) is 30.0 Å². The van der Waals surface area contributed by atoms with E-state index in [0.717, 1.165) is 11.1 Å². The number of amides is 2. The number of hydrogen-bond acceptors (Lipinski definition) is 2. The van der Waals surface area contributed by atoms with Crippen molar-refractivity contribution in [3.8, 4) is 11.1 Å². The Morgan fingerprint density at radius 1 is 1.07 bits per heavy atom. The molecule has 2 aromatic carbocycles. The zero-order chi connectivity index (χ0) is 20.7. The van der Waals surface area contributed by atoms with Crippen molar-refractivity contribution in [1.82, 2.24) is 10.2 Å². The highest BCUT2D eigenvalue weighted by Gasteiger charge is 2.41. The molecule has 152 valence electrons. The summed E-state index contributed by atoms with van der Waals surface area (Å²) < 4.78 is 0. The standard InChI is InChI=1S/C25H30N2O2/c1-3-15-26-24(29)25(13-16-27(17-14-25)23(28)4-2)19-20-9-8-12-22(18-20)21-10-6-5-7-11-21/h3,5-12,18H,1,4,13-17,19H2,2H3,(H,26,29). The lowest BCUT2D eigenvalue weighted by Gasteiger charge is -2.41. The van der Waals surface area contributed by atoms with Crippen LogP contribution in [0, 0.1) is 5.41 Å². The first kappa shape index (κ1) is 20.8. The Balaban J connectivity index is 1.83. The monoisotopic (exact) mass is 390 g/mol. The molecule has 1 saturated heterocycles. The molecule has 29 heavy (non-hydrogen) atoms. The van der Waals surface area contributed by atoms with E-state index in [0.29, 0.717) is 45.3 Å². The number of rotatable bonds is 7. The second kappa shape index (κ2) is 9.55. The van der Waals surface area contributed by atoms with Crippen LogP contribution in [-0.2, 0) is 16.0 Å². The van der Waals surface area contributed by atoms with Gasteiger partial charge in [0.1, 0.15) is 0 Å². The summed E-state index contributed by atoms with van der Waals surface area (Å²) in [5.41, 5.74) is 2.98. The van der Waals surface area contributed by atoms with Gasteiger partial charge in [-0.3, -0.25) is 9.59 Å². The van der Waals surface area contributed by atoms with Crippen LogP contribution in [0.5, 0.6) is 0 Å². The molecule has 0 spiro atoms. The van der Waals surface area contributed by atoms with Crippen LogP contribution in [0.1, 0.15) is 31.7 Å². The van der Waals surface area contributed by atoms with Crippen molar-refractivity contribution < 1.29 is 9.59 Å². The third-order valence-electron chi connectivity index (χ3n) is 5.84. The molecule has 1 aliphatic heterocycles. The lowest BCUT2D eigenvalue weighted by atomic mass is 9.72. The smallest absolute Gasteiger partial charge is 0.226 e. The van der Waals surface area contributed by atoms with Gasteiger partial charge in [-0.05, 0) is 36.0 Å². The fourth-order valence-corrected chi connectivity index (χ4v) is 4.13. The van der Waals surface area contributed by atoms with E-state index >= 15 is 0 Å². The summed E-state index contributed by atoms with van der Waals surface area (Å²) >= 11 is 0. The molecule has 3 rings (SSSR count). The second-order valence-corrected chi connectivity index (χ2v) is 7.76. The van der Waals surface area contributed by atoms with Crippen LogP contribution in [0.3, 0.4) is 0 Å². The number of carbonyl (C=O) groups excluding carboxylic acids is 2. The SMILES string of the molecule is C=CCNC(=O)C1(Cc2cccc(-c3ccccc3)c2)CCN(C(=O)CC)CC1. The Morgan fingerprint density at radius 2 is 1.76 bits per heavy atom. The summed E-state index contributed by atoms with van der Waals surface area (Å²) in [4.78, 5) is 27.1. The maximum Gasteiger partial charge on any atom is 0.226 e.